The van der Waals surface area contributed by atoms with Gasteiger partial charge >= 0.3 is 7.12 Å². The Morgan fingerprint density at radius 2 is 1.32 bits per heavy atom. The molecule has 5 heteroatoms. The lowest BCUT2D eigenvalue weighted by atomic mass is 9.80. The summed E-state index contributed by atoms with van der Waals surface area (Å²) in [6, 6.07) is 22.4. The molecule has 5 aromatic rings. The van der Waals surface area contributed by atoms with E-state index in [1.54, 1.807) is 0 Å². The third-order valence-corrected chi connectivity index (χ3v) is 6.75. The summed E-state index contributed by atoms with van der Waals surface area (Å²) in [5.74, 6) is 0. The first-order valence-electron chi connectivity index (χ1n) is 10.6. The normalized spacial score (nSPS) is 17.9. The van der Waals surface area contributed by atoms with Gasteiger partial charge in [-0.25, -0.2) is 0 Å². The third-order valence-electron chi connectivity index (χ3n) is 6.75. The molecule has 1 aliphatic rings. The van der Waals surface area contributed by atoms with Crippen LogP contribution in [0.3, 0.4) is 0 Å². The maximum absolute atomic E-state index is 6.59. The van der Waals surface area contributed by atoms with Crippen LogP contribution < -0.4 is 5.66 Å². The van der Waals surface area contributed by atoms with Crippen LogP contribution in [0.2, 0.25) is 0 Å². The minimum Gasteiger partial charge on any atom is -0.463 e. The number of benzene rings is 3. The topological polar surface area (TPSA) is 44.7 Å². The standard InChI is InChI=1S/C26H23BO4/c1-25(2)26(3,4)31-27(30-25)24-21(16-10-6-5-7-11-16)18-14-15-20-22(23(18)29-24)17-12-8-9-13-19(17)28-20/h5-15H,1-4H3. The van der Waals surface area contributed by atoms with Crippen LogP contribution in [0, 0.1) is 0 Å². The molecule has 4 nitrogen and oxygen atoms in total. The molecule has 1 aliphatic heterocycles. The molecule has 154 valence electrons. The van der Waals surface area contributed by atoms with E-state index in [1.165, 1.54) is 0 Å². The lowest BCUT2D eigenvalue weighted by Gasteiger charge is -2.32. The van der Waals surface area contributed by atoms with Gasteiger partial charge in [-0.1, -0.05) is 48.5 Å². The lowest BCUT2D eigenvalue weighted by molar-refractivity contribution is 0.00578. The maximum atomic E-state index is 6.59. The number of hydrogen-bond donors (Lipinski definition) is 0. The second kappa shape index (κ2) is 6.25. The highest BCUT2D eigenvalue weighted by atomic mass is 16.7. The van der Waals surface area contributed by atoms with Gasteiger partial charge in [0.05, 0.1) is 16.6 Å². The summed E-state index contributed by atoms with van der Waals surface area (Å²) in [4.78, 5) is 0. The molecule has 0 radical (unpaired) electrons. The van der Waals surface area contributed by atoms with Gasteiger partial charge in [-0.2, -0.15) is 0 Å². The maximum Gasteiger partial charge on any atom is 0.533 e. The SMILES string of the molecule is CC1(C)OB(c2oc3c(ccc4oc5ccccc5c43)c2-c2ccccc2)OC1(C)C. The molecule has 0 atom stereocenters. The van der Waals surface area contributed by atoms with Crippen LogP contribution in [0.1, 0.15) is 27.7 Å². The van der Waals surface area contributed by atoms with E-state index < -0.39 is 18.3 Å². The largest absolute Gasteiger partial charge is 0.533 e. The van der Waals surface area contributed by atoms with Gasteiger partial charge in [-0.3, -0.25) is 0 Å². The minimum absolute atomic E-state index is 0.456. The summed E-state index contributed by atoms with van der Waals surface area (Å²) in [6.07, 6.45) is 0. The molecule has 0 spiro atoms. The van der Waals surface area contributed by atoms with Crippen molar-refractivity contribution in [3.63, 3.8) is 0 Å². The van der Waals surface area contributed by atoms with Crippen molar-refractivity contribution in [1.82, 2.24) is 0 Å². The van der Waals surface area contributed by atoms with Crippen LogP contribution in [0.15, 0.2) is 75.6 Å². The van der Waals surface area contributed by atoms with Crippen molar-refractivity contribution >= 4 is 45.7 Å². The zero-order chi connectivity index (χ0) is 21.4. The summed E-state index contributed by atoms with van der Waals surface area (Å²) in [6.45, 7) is 8.22. The molecule has 3 aromatic carbocycles. The van der Waals surface area contributed by atoms with Crippen molar-refractivity contribution in [2.45, 2.75) is 38.9 Å². The van der Waals surface area contributed by atoms with E-state index in [1.807, 2.05) is 42.5 Å². The Morgan fingerprint density at radius 3 is 2.06 bits per heavy atom. The zero-order valence-corrected chi connectivity index (χ0v) is 18.1. The molecule has 3 heterocycles. The van der Waals surface area contributed by atoms with Crippen LogP contribution in [-0.2, 0) is 9.31 Å². The van der Waals surface area contributed by atoms with Gasteiger partial charge in [0, 0.05) is 16.3 Å². The Morgan fingerprint density at radius 1 is 0.645 bits per heavy atom. The summed E-state index contributed by atoms with van der Waals surface area (Å²) in [7, 11) is -0.596. The summed E-state index contributed by atoms with van der Waals surface area (Å²) in [5.41, 5.74) is 4.30. The predicted molar refractivity (Wildman–Crippen MR) is 125 cm³/mol. The van der Waals surface area contributed by atoms with Crippen molar-refractivity contribution in [3.8, 4) is 11.1 Å². The van der Waals surface area contributed by atoms with Gasteiger partial charge < -0.3 is 18.1 Å². The van der Waals surface area contributed by atoms with Crippen molar-refractivity contribution in [2.75, 3.05) is 0 Å². The van der Waals surface area contributed by atoms with Gasteiger partial charge in [-0.15, -0.1) is 0 Å². The van der Waals surface area contributed by atoms with Crippen molar-refractivity contribution in [2.24, 2.45) is 0 Å². The molecule has 0 aliphatic carbocycles. The average molecular weight is 410 g/mol. The Labute approximate surface area is 180 Å². The van der Waals surface area contributed by atoms with E-state index in [4.69, 9.17) is 18.1 Å². The second-order valence-corrected chi connectivity index (χ2v) is 9.21. The average Bonchev–Trinajstić information content (AvgIpc) is 3.37. The van der Waals surface area contributed by atoms with E-state index in [2.05, 4.69) is 52.0 Å². The predicted octanol–water partition coefficient (Wildman–Crippen LogP) is 6.30. The number of para-hydroxylation sites is 1. The smallest absolute Gasteiger partial charge is 0.463 e. The van der Waals surface area contributed by atoms with Gasteiger partial charge in [-0.05, 0) is 51.5 Å². The van der Waals surface area contributed by atoms with Crippen molar-refractivity contribution in [1.29, 1.82) is 0 Å². The second-order valence-electron chi connectivity index (χ2n) is 9.21. The number of fused-ring (bicyclic) bond motifs is 5. The van der Waals surface area contributed by atoms with Crippen LogP contribution in [0.4, 0.5) is 0 Å². The molecule has 0 amide bonds. The van der Waals surface area contributed by atoms with Crippen LogP contribution in [-0.4, -0.2) is 18.3 Å². The summed E-state index contributed by atoms with van der Waals surface area (Å²) >= 11 is 0. The molecule has 0 bridgehead atoms. The van der Waals surface area contributed by atoms with Crippen LogP contribution in [0.5, 0.6) is 0 Å². The van der Waals surface area contributed by atoms with Crippen LogP contribution >= 0.6 is 0 Å². The number of rotatable bonds is 2. The Bertz CT molecular complexity index is 1430. The van der Waals surface area contributed by atoms with E-state index >= 15 is 0 Å². The molecule has 6 rings (SSSR count). The van der Waals surface area contributed by atoms with Gasteiger partial charge in [0.15, 0.2) is 0 Å². The number of furan rings is 2. The third kappa shape index (κ3) is 2.63. The van der Waals surface area contributed by atoms with Crippen LogP contribution in [0.25, 0.3) is 44.0 Å². The highest BCUT2D eigenvalue weighted by Crippen LogP contribution is 2.42. The van der Waals surface area contributed by atoms with E-state index in [0.717, 1.165) is 44.0 Å². The molecule has 1 saturated heterocycles. The Kier molecular flexibility index (Phi) is 3.78. The first-order chi connectivity index (χ1) is 14.9. The fourth-order valence-corrected chi connectivity index (χ4v) is 4.40. The molecule has 0 unspecified atom stereocenters. The highest BCUT2D eigenvalue weighted by molar-refractivity contribution is 6.63. The highest BCUT2D eigenvalue weighted by Gasteiger charge is 2.54. The molecular formula is C26H23BO4. The molecule has 0 saturated carbocycles. The number of hydrogen-bond acceptors (Lipinski definition) is 4. The van der Waals surface area contributed by atoms with Crippen molar-refractivity contribution in [3.05, 3.63) is 66.7 Å². The molecule has 31 heavy (non-hydrogen) atoms. The Balaban J connectivity index is 1.69. The lowest BCUT2D eigenvalue weighted by Crippen LogP contribution is -2.41. The van der Waals surface area contributed by atoms with Gasteiger partial charge in [0.1, 0.15) is 22.4 Å². The van der Waals surface area contributed by atoms with E-state index in [9.17, 15) is 0 Å². The fraction of sp³-hybridized carbons (Fsp3) is 0.231. The first kappa shape index (κ1) is 18.7. The minimum atomic E-state index is -0.596. The zero-order valence-electron chi connectivity index (χ0n) is 18.1. The van der Waals surface area contributed by atoms with Gasteiger partial charge in [0.2, 0.25) is 0 Å². The molecule has 1 fully saturated rings. The van der Waals surface area contributed by atoms with Crippen molar-refractivity contribution < 1.29 is 18.1 Å². The monoisotopic (exact) mass is 410 g/mol. The Hall–Kier alpha value is -3.02. The summed E-state index contributed by atoms with van der Waals surface area (Å²) < 4.78 is 25.4. The van der Waals surface area contributed by atoms with Gasteiger partial charge in [0.25, 0.3) is 0 Å². The first-order valence-corrected chi connectivity index (χ1v) is 10.6. The quantitative estimate of drug-likeness (QED) is 0.321. The fourth-order valence-electron chi connectivity index (χ4n) is 4.40. The molecule has 2 aromatic heterocycles. The molecular weight excluding hydrogens is 387 g/mol. The van der Waals surface area contributed by atoms with E-state index in [-0.39, 0.29) is 0 Å². The molecule has 0 N–H and O–H groups in total. The summed E-state index contributed by atoms with van der Waals surface area (Å²) in [5, 5.41) is 3.04. The van der Waals surface area contributed by atoms with E-state index in [0.29, 0.717) is 5.66 Å².